The zero-order chi connectivity index (χ0) is 16.7. The molecule has 0 radical (unpaired) electrons. The largest absolute Gasteiger partial charge is 0.347 e. The van der Waals surface area contributed by atoms with E-state index in [1.165, 1.54) is 0 Å². The molecule has 0 unspecified atom stereocenters. The third-order valence-corrected chi connectivity index (χ3v) is 4.31. The topological polar surface area (TPSA) is 84.2 Å². The Labute approximate surface area is 156 Å². The number of anilines is 1. The highest BCUT2D eigenvalue weighted by atomic mass is 35.5. The van der Waals surface area contributed by atoms with Crippen molar-refractivity contribution in [2.45, 2.75) is 19.4 Å². The SMILES string of the molecule is Cl.NCCCC(=O)Nc1ccc(Cl)c(C(=O)NCc2cccs2)c1. The van der Waals surface area contributed by atoms with Gasteiger partial charge in [-0.1, -0.05) is 17.7 Å². The molecule has 0 aliphatic carbocycles. The molecule has 1 aromatic carbocycles. The van der Waals surface area contributed by atoms with E-state index in [9.17, 15) is 9.59 Å². The Kier molecular flexibility index (Phi) is 8.78. The van der Waals surface area contributed by atoms with Gasteiger partial charge in [0.05, 0.1) is 17.1 Å². The zero-order valence-corrected chi connectivity index (χ0v) is 15.3. The molecule has 0 atom stereocenters. The number of carbonyl (C=O) groups is 2. The van der Waals surface area contributed by atoms with Gasteiger partial charge in [-0.3, -0.25) is 9.59 Å². The summed E-state index contributed by atoms with van der Waals surface area (Å²) >= 11 is 7.65. The minimum atomic E-state index is -0.276. The summed E-state index contributed by atoms with van der Waals surface area (Å²) in [6.45, 7) is 0.907. The summed E-state index contributed by atoms with van der Waals surface area (Å²) in [4.78, 5) is 25.0. The predicted molar refractivity (Wildman–Crippen MR) is 101 cm³/mol. The van der Waals surface area contributed by atoms with Gasteiger partial charge in [0, 0.05) is 17.0 Å². The van der Waals surface area contributed by atoms with Crippen molar-refractivity contribution in [1.29, 1.82) is 0 Å². The minimum absolute atomic E-state index is 0. The fourth-order valence-electron chi connectivity index (χ4n) is 1.94. The van der Waals surface area contributed by atoms with Crippen molar-refractivity contribution in [3.05, 3.63) is 51.2 Å². The van der Waals surface area contributed by atoms with Crippen LogP contribution in [-0.4, -0.2) is 18.4 Å². The smallest absolute Gasteiger partial charge is 0.253 e. The first-order chi connectivity index (χ1) is 11.1. The van der Waals surface area contributed by atoms with Crippen molar-refractivity contribution in [3.8, 4) is 0 Å². The molecule has 4 N–H and O–H groups in total. The summed E-state index contributed by atoms with van der Waals surface area (Å²) in [5.41, 5.74) is 6.25. The number of nitrogens with two attached hydrogens (primary N) is 1. The molecular formula is C16H19Cl2N3O2S. The first-order valence-electron chi connectivity index (χ1n) is 7.20. The van der Waals surface area contributed by atoms with Crippen molar-refractivity contribution in [3.63, 3.8) is 0 Å². The van der Waals surface area contributed by atoms with Gasteiger partial charge in [0.2, 0.25) is 5.91 Å². The average molecular weight is 388 g/mol. The van der Waals surface area contributed by atoms with Crippen LogP contribution in [0.25, 0.3) is 0 Å². The number of halogens is 2. The summed E-state index contributed by atoms with van der Waals surface area (Å²) in [5.74, 6) is -0.413. The molecule has 0 aliphatic heterocycles. The lowest BCUT2D eigenvalue weighted by molar-refractivity contribution is -0.116. The number of carbonyl (C=O) groups excluding carboxylic acids is 2. The molecule has 0 saturated heterocycles. The van der Waals surface area contributed by atoms with Gasteiger partial charge in [-0.05, 0) is 42.6 Å². The Morgan fingerprint density at radius 1 is 1.25 bits per heavy atom. The lowest BCUT2D eigenvalue weighted by Crippen LogP contribution is -2.23. The standard InChI is InChI=1S/C16H18ClN3O2S.ClH/c17-14-6-5-11(20-15(21)4-1-7-18)9-13(14)16(22)19-10-12-3-2-8-23-12;/h2-3,5-6,8-9H,1,4,7,10,18H2,(H,19,22)(H,20,21);1H. The van der Waals surface area contributed by atoms with Crippen LogP contribution in [0.3, 0.4) is 0 Å². The summed E-state index contributed by atoms with van der Waals surface area (Å²) < 4.78 is 0. The molecular weight excluding hydrogens is 369 g/mol. The Balaban J connectivity index is 0.00000288. The van der Waals surface area contributed by atoms with Crippen LogP contribution in [0, 0.1) is 0 Å². The monoisotopic (exact) mass is 387 g/mol. The number of nitrogens with one attached hydrogen (secondary N) is 2. The van der Waals surface area contributed by atoms with Gasteiger partial charge < -0.3 is 16.4 Å². The molecule has 0 spiro atoms. The van der Waals surface area contributed by atoms with E-state index in [1.807, 2.05) is 17.5 Å². The molecule has 130 valence electrons. The fourth-order valence-corrected chi connectivity index (χ4v) is 2.79. The number of hydrogen-bond acceptors (Lipinski definition) is 4. The molecule has 8 heteroatoms. The van der Waals surface area contributed by atoms with Gasteiger partial charge in [0.1, 0.15) is 0 Å². The molecule has 1 aromatic heterocycles. The summed E-state index contributed by atoms with van der Waals surface area (Å²) in [5, 5.41) is 7.84. The molecule has 2 rings (SSSR count). The van der Waals surface area contributed by atoms with Crippen LogP contribution < -0.4 is 16.4 Å². The number of benzene rings is 1. The summed E-state index contributed by atoms with van der Waals surface area (Å²) in [6, 6.07) is 8.71. The molecule has 1 heterocycles. The van der Waals surface area contributed by atoms with Gasteiger partial charge in [-0.2, -0.15) is 0 Å². The van der Waals surface area contributed by atoms with E-state index in [2.05, 4.69) is 10.6 Å². The molecule has 0 bridgehead atoms. The van der Waals surface area contributed by atoms with Crippen LogP contribution in [0.15, 0.2) is 35.7 Å². The van der Waals surface area contributed by atoms with Crippen LogP contribution in [0.2, 0.25) is 5.02 Å². The summed E-state index contributed by atoms with van der Waals surface area (Å²) in [6.07, 6.45) is 0.965. The number of amides is 2. The van der Waals surface area contributed by atoms with Crippen LogP contribution in [0.4, 0.5) is 5.69 Å². The molecule has 0 saturated carbocycles. The van der Waals surface area contributed by atoms with E-state index >= 15 is 0 Å². The van der Waals surface area contributed by atoms with E-state index in [4.69, 9.17) is 17.3 Å². The predicted octanol–water partition coefficient (Wildman–Crippen LogP) is 3.43. The quantitative estimate of drug-likeness (QED) is 0.680. The van der Waals surface area contributed by atoms with Crippen molar-refractivity contribution < 1.29 is 9.59 Å². The number of thiophene rings is 1. The third-order valence-electron chi connectivity index (χ3n) is 3.11. The normalized spacial score (nSPS) is 9.92. The molecule has 0 aliphatic rings. The average Bonchev–Trinajstić information content (AvgIpc) is 3.06. The Bertz CT molecular complexity index is 678. The number of hydrogen-bond donors (Lipinski definition) is 3. The van der Waals surface area contributed by atoms with Crippen molar-refractivity contribution >= 4 is 52.8 Å². The van der Waals surface area contributed by atoms with Crippen LogP contribution >= 0.6 is 35.3 Å². The maximum atomic E-state index is 12.3. The Hall–Kier alpha value is -1.60. The van der Waals surface area contributed by atoms with E-state index in [-0.39, 0.29) is 24.2 Å². The molecule has 24 heavy (non-hydrogen) atoms. The highest BCUT2D eigenvalue weighted by molar-refractivity contribution is 7.09. The van der Waals surface area contributed by atoms with Gasteiger partial charge in [0.15, 0.2) is 0 Å². The number of rotatable bonds is 7. The minimum Gasteiger partial charge on any atom is -0.347 e. The molecule has 2 amide bonds. The molecule has 5 nitrogen and oxygen atoms in total. The van der Waals surface area contributed by atoms with Crippen LogP contribution in [-0.2, 0) is 11.3 Å². The van der Waals surface area contributed by atoms with Gasteiger partial charge >= 0.3 is 0 Å². The van der Waals surface area contributed by atoms with Crippen LogP contribution in [0.1, 0.15) is 28.1 Å². The Morgan fingerprint density at radius 2 is 2.04 bits per heavy atom. The first-order valence-corrected chi connectivity index (χ1v) is 8.46. The lowest BCUT2D eigenvalue weighted by Gasteiger charge is -2.09. The second-order valence-corrected chi connectivity index (χ2v) is 6.34. The second-order valence-electron chi connectivity index (χ2n) is 4.90. The molecule has 2 aromatic rings. The van der Waals surface area contributed by atoms with Crippen LogP contribution in [0.5, 0.6) is 0 Å². The van der Waals surface area contributed by atoms with Gasteiger partial charge in [-0.25, -0.2) is 0 Å². The van der Waals surface area contributed by atoms with Crippen molar-refractivity contribution in [2.24, 2.45) is 5.73 Å². The second kappa shape index (κ2) is 10.3. The van der Waals surface area contributed by atoms with Crippen molar-refractivity contribution in [1.82, 2.24) is 5.32 Å². The molecule has 0 fully saturated rings. The third kappa shape index (κ3) is 6.13. The summed E-state index contributed by atoms with van der Waals surface area (Å²) in [7, 11) is 0. The van der Waals surface area contributed by atoms with E-state index < -0.39 is 0 Å². The Morgan fingerprint density at radius 3 is 2.71 bits per heavy atom. The van der Waals surface area contributed by atoms with E-state index in [0.29, 0.717) is 42.2 Å². The van der Waals surface area contributed by atoms with Crippen molar-refractivity contribution in [2.75, 3.05) is 11.9 Å². The highest BCUT2D eigenvalue weighted by Crippen LogP contribution is 2.21. The maximum Gasteiger partial charge on any atom is 0.253 e. The van der Waals surface area contributed by atoms with E-state index in [0.717, 1.165) is 4.88 Å². The fraction of sp³-hybridized carbons (Fsp3) is 0.250. The van der Waals surface area contributed by atoms with Gasteiger partial charge in [0.25, 0.3) is 5.91 Å². The lowest BCUT2D eigenvalue weighted by atomic mass is 10.1. The first kappa shape index (κ1) is 20.4. The van der Waals surface area contributed by atoms with E-state index in [1.54, 1.807) is 29.5 Å². The van der Waals surface area contributed by atoms with Gasteiger partial charge in [-0.15, -0.1) is 23.7 Å². The zero-order valence-electron chi connectivity index (χ0n) is 12.9. The highest BCUT2D eigenvalue weighted by Gasteiger charge is 2.12. The maximum absolute atomic E-state index is 12.3.